The fourth-order valence-electron chi connectivity index (χ4n) is 2.85. The molecule has 0 unspecified atom stereocenters. The lowest BCUT2D eigenvalue weighted by molar-refractivity contribution is 0.262. The first kappa shape index (κ1) is 14.3. The number of anilines is 2. The topological polar surface area (TPSA) is 59.0 Å². The highest BCUT2D eigenvalue weighted by Gasteiger charge is 2.07. The van der Waals surface area contributed by atoms with Gasteiger partial charge in [-0.25, -0.2) is 4.79 Å². The number of pyridine rings is 1. The maximum atomic E-state index is 12.3. The van der Waals surface area contributed by atoms with Crippen molar-refractivity contribution in [1.29, 1.82) is 0 Å². The minimum absolute atomic E-state index is 0.288. The summed E-state index contributed by atoms with van der Waals surface area (Å²) in [6, 6.07) is 17.1. The molecule has 24 heavy (non-hydrogen) atoms. The number of hydrogen-bond acceptors (Lipinski definition) is 2. The molecular formula is C19H16N4O. The third-order valence-electron chi connectivity index (χ3n) is 4.02. The molecule has 2 aromatic carbocycles. The Morgan fingerprint density at radius 3 is 2.79 bits per heavy atom. The smallest absolute Gasteiger partial charge is 0.323 e. The average Bonchev–Trinajstić information content (AvgIpc) is 2.96. The molecule has 2 amide bonds. The molecule has 0 fully saturated rings. The van der Waals surface area contributed by atoms with Crippen molar-refractivity contribution in [1.82, 2.24) is 9.55 Å². The molecule has 0 saturated heterocycles. The first-order chi connectivity index (χ1) is 11.7. The van der Waals surface area contributed by atoms with Gasteiger partial charge >= 0.3 is 6.03 Å². The monoisotopic (exact) mass is 316 g/mol. The number of benzene rings is 2. The van der Waals surface area contributed by atoms with E-state index in [-0.39, 0.29) is 6.03 Å². The maximum absolute atomic E-state index is 12.3. The van der Waals surface area contributed by atoms with Crippen molar-refractivity contribution in [3.8, 4) is 0 Å². The van der Waals surface area contributed by atoms with Crippen molar-refractivity contribution in [2.75, 3.05) is 10.6 Å². The second-order valence-corrected chi connectivity index (χ2v) is 5.66. The lowest BCUT2D eigenvalue weighted by Gasteiger charge is -2.10. The quantitative estimate of drug-likeness (QED) is 0.577. The molecule has 4 aromatic rings. The summed E-state index contributed by atoms with van der Waals surface area (Å²) in [5.74, 6) is 0. The standard InChI is InChI=1S/C19H16N4O/c1-23-11-9-14-12-15(7-8-17(14)23)21-19(24)22-16-6-2-4-13-5-3-10-20-18(13)16/h2-12H,1H3,(H2,21,22,24). The van der Waals surface area contributed by atoms with Crippen LogP contribution in [-0.2, 0) is 7.05 Å². The van der Waals surface area contributed by atoms with Crippen LogP contribution >= 0.6 is 0 Å². The van der Waals surface area contributed by atoms with Crippen molar-refractivity contribution in [2.45, 2.75) is 0 Å². The summed E-state index contributed by atoms with van der Waals surface area (Å²) >= 11 is 0. The Balaban J connectivity index is 1.57. The van der Waals surface area contributed by atoms with E-state index in [1.54, 1.807) is 6.20 Å². The van der Waals surface area contributed by atoms with Gasteiger partial charge in [-0.05, 0) is 36.4 Å². The Hall–Kier alpha value is -3.34. The number of hydrogen-bond donors (Lipinski definition) is 2. The van der Waals surface area contributed by atoms with Crippen LogP contribution in [0.5, 0.6) is 0 Å². The molecule has 0 bridgehead atoms. The van der Waals surface area contributed by atoms with Crippen molar-refractivity contribution < 1.29 is 4.79 Å². The molecule has 2 aromatic heterocycles. The van der Waals surface area contributed by atoms with Gasteiger partial charge in [-0.15, -0.1) is 0 Å². The van der Waals surface area contributed by atoms with Gasteiger partial charge < -0.3 is 15.2 Å². The van der Waals surface area contributed by atoms with Gasteiger partial charge in [0.1, 0.15) is 0 Å². The zero-order chi connectivity index (χ0) is 16.5. The third-order valence-corrected chi connectivity index (χ3v) is 4.02. The van der Waals surface area contributed by atoms with Gasteiger partial charge in [-0.3, -0.25) is 4.98 Å². The van der Waals surface area contributed by atoms with E-state index in [1.165, 1.54) is 0 Å². The number of amides is 2. The number of aryl methyl sites for hydroxylation is 1. The van der Waals surface area contributed by atoms with Gasteiger partial charge in [-0.1, -0.05) is 18.2 Å². The summed E-state index contributed by atoms with van der Waals surface area (Å²) in [4.78, 5) is 16.7. The normalized spacial score (nSPS) is 10.9. The first-order valence-electron chi connectivity index (χ1n) is 7.67. The van der Waals surface area contributed by atoms with Gasteiger partial charge in [0.05, 0.1) is 11.2 Å². The minimum atomic E-state index is -0.288. The number of urea groups is 1. The van der Waals surface area contributed by atoms with E-state index in [9.17, 15) is 4.79 Å². The van der Waals surface area contributed by atoms with E-state index >= 15 is 0 Å². The fraction of sp³-hybridized carbons (Fsp3) is 0.0526. The van der Waals surface area contributed by atoms with E-state index in [1.807, 2.05) is 72.4 Å². The first-order valence-corrected chi connectivity index (χ1v) is 7.67. The van der Waals surface area contributed by atoms with E-state index in [0.29, 0.717) is 5.69 Å². The number of nitrogens with zero attached hydrogens (tertiary/aromatic N) is 2. The molecule has 118 valence electrons. The van der Waals surface area contributed by atoms with E-state index < -0.39 is 0 Å². The van der Waals surface area contributed by atoms with Crippen LogP contribution in [-0.4, -0.2) is 15.6 Å². The van der Waals surface area contributed by atoms with Crippen LogP contribution in [0.25, 0.3) is 21.8 Å². The Morgan fingerprint density at radius 2 is 1.88 bits per heavy atom. The SMILES string of the molecule is Cn1ccc2cc(NC(=O)Nc3cccc4cccnc34)ccc21. The Kier molecular flexibility index (Phi) is 3.39. The summed E-state index contributed by atoms with van der Waals surface area (Å²) in [5.41, 5.74) is 3.33. The molecule has 0 aliphatic rings. The number of rotatable bonds is 2. The zero-order valence-corrected chi connectivity index (χ0v) is 13.2. The number of carbonyl (C=O) groups excluding carboxylic acids is 1. The lowest BCUT2D eigenvalue weighted by Crippen LogP contribution is -2.19. The molecule has 5 nitrogen and oxygen atoms in total. The van der Waals surface area contributed by atoms with Crippen molar-refractivity contribution in [2.24, 2.45) is 7.05 Å². The number of para-hydroxylation sites is 1. The molecule has 5 heteroatoms. The highest BCUT2D eigenvalue weighted by Crippen LogP contribution is 2.22. The molecule has 0 atom stereocenters. The summed E-state index contributed by atoms with van der Waals surface area (Å²) in [6.45, 7) is 0. The Morgan fingerprint density at radius 1 is 1.00 bits per heavy atom. The van der Waals surface area contributed by atoms with Crippen LogP contribution < -0.4 is 10.6 Å². The number of carbonyl (C=O) groups is 1. The predicted molar refractivity (Wildman–Crippen MR) is 97.3 cm³/mol. The maximum Gasteiger partial charge on any atom is 0.323 e. The van der Waals surface area contributed by atoms with Crippen LogP contribution in [0, 0.1) is 0 Å². The van der Waals surface area contributed by atoms with Crippen molar-refractivity contribution >= 4 is 39.2 Å². The van der Waals surface area contributed by atoms with Crippen LogP contribution in [0.2, 0.25) is 0 Å². The molecule has 0 aliphatic carbocycles. The van der Waals surface area contributed by atoms with Crippen LogP contribution in [0.4, 0.5) is 16.2 Å². The molecule has 2 heterocycles. The molecule has 2 N–H and O–H groups in total. The van der Waals surface area contributed by atoms with Gasteiger partial charge in [0.15, 0.2) is 0 Å². The minimum Gasteiger partial charge on any atom is -0.351 e. The molecule has 0 spiro atoms. The number of aromatic nitrogens is 2. The number of nitrogens with one attached hydrogen (secondary N) is 2. The van der Waals surface area contributed by atoms with E-state index in [2.05, 4.69) is 15.6 Å². The average molecular weight is 316 g/mol. The Bertz CT molecular complexity index is 1050. The van der Waals surface area contributed by atoms with Gasteiger partial charge in [0, 0.05) is 41.4 Å². The molecule has 0 radical (unpaired) electrons. The van der Waals surface area contributed by atoms with Crippen LogP contribution in [0.1, 0.15) is 0 Å². The van der Waals surface area contributed by atoms with Crippen molar-refractivity contribution in [3.05, 3.63) is 67.0 Å². The molecule has 0 saturated carbocycles. The number of fused-ring (bicyclic) bond motifs is 2. The summed E-state index contributed by atoms with van der Waals surface area (Å²) < 4.78 is 2.04. The summed E-state index contributed by atoms with van der Waals surface area (Å²) in [6.07, 6.45) is 3.71. The van der Waals surface area contributed by atoms with Gasteiger partial charge in [0.25, 0.3) is 0 Å². The third kappa shape index (κ3) is 2.56. The molecule has 0 aliphatic heterocycles. The fourth-order valence-corrected chi connectivity index (χ4v) is 2.85. The largest absolute Gasteiger partial charge is 0.351 e. The second kappa shape index (κ2) is 5.70. The summed E-state index contributed by atoms with van der Waals surface area (Å²) in [5, 5.41) is 7.81. The highest BCUT2D eigenvalue weighted by molar-refractivity contribution is 6.05. The van der Waals surface area contributed by atoms with Gasteiger partial charge in [-0.2, -0.15) is 0 Å². The second-order valence-electron chi connectivity index (χ2n) is 5.66. The van der Waals surface area contributed by atoms with Gasteiger partial charge in [0.2, 0.25) is 0 Å². The van der Waals surface area contributed by atoms with Crippen molar-refractivity contribution in [3.63, 3.8) is 0 Å². The Labute approximate surface area is 138 Å². The molecule has 4 rings (SSSR count). The van der Waals surface area contributed by atoms with Crippen LogP contribution in [0.3, 0.4) is 0 Å². The van der Waals surface area contributed by atoms with Crippen LogP contribution in [0.15, 0.2) is 67.0 Å². The van der Waals surface area contributed by atoms with E-state index in [0.717, 1.165) is 27.5 Å². The summed E-state index contributed by atoms with van der Waals surface area (Å²) in [7, 11) is 2.00. The highest BCUT2D eigenvalue weighted by atomic mass is 16.2. The zero-order valence-electron chi connectivity index (χ0n) is 13.2. The van der Waals surface area contributed by atoms with E-state index in [4.69, 9.17) is 0 Å². The lowest BCUT2D eigenvalue weighted by atomic mass is 10.2. The predicted octanol–water partition coefficient (Wildman–Crippen LogP) is 4.37. The molecular weight excluding hydrogens is 300 g/mol.